The average Bonchev–Trinajstić information content (AvgIpc) is 3.70. The van der Waals surface area contributed by atoms with Gasteiger partial charge >= 0.3 is 0 Å². The van der Waals surface area contributed by atoms with E-state index in [-0.39, 0.29) is 63.1 Å². The number of benzene rings is 7. The maximum absolute atomic E-state index is 8.96. The molecule has 0 atom stereocenters. The van der Waals surface area contributed by atoms with Crippen molar-refractivity contribution in [1.82, 2.24) is 0 Å². The minimum Gasteiger partial charge on any atom is -0.455 e. The molecule has 224 valence electrons. The second-order valence-corrected chi connectivity index (χ2v) is 12.4. The molecule has 1 aromatic heterocycles. The first-order valence-electron chi connectivity index (χ1n) is 19.2. The summed E-state index contributed by atoms with van der Waals surface area (Å²) in [5.74, 6) is 0. The van der Waals surface area contributed by atoms with Gasteiger partial charge in [-0.2, -0.15) is 0 Å². The maximum Gasteiger partial charge on any atom is 0.143 e. The highest BCUT2D eigenvalue weighted by molar-refractivity contribution is 6.09. The van der Waals surface area contributed by atoms with E-state index in [9.17, 15) is 0 Å². The molecule has 8 aromatic rings. The molecule has 7 aromatic carbocycles. The number of nitrogens with zero attached hydrogens (tertiary/aromatic N) is 1. The van der Waals surface area contributed by atoms with Crippen LogP contribution in [-0.4, -0.2) is 0 Å². The van der Waals surface area contributed by atoms with E-state index in [0.717, 1.165) is 33.8 Å². The molecular formula is C45H33NO. The Hall–Kier alpha value is -5.86. The summed E-state index contributed by atoms with van der Waals surface area (Å²) in [5, 5.41) is 0.136. The molecule has 0 saturated heterocycles. The second kappa shape index (κ2) is 10.6. The number of hydrogen-bond donors (Lipinski definition) is 0. The Morgan fingerprint density at radius 1 is 0.532 bits per heavy atom. The predicted molar refractivity (Wildman–Crippen MR) is 197 cm³/mol. The molecule has 1 aliphatic carbocycles. The van der Waals surface area contributed by atoms with E-state index in [2.05, 4.69) is 97.6 Å². The molecule has 0 amide bonds. The van der Waals surface area contributed by atoms with Gasteiger partial charge in [-0.05, 0) is 69.8 Å². The fourth-order valence-electron chi connectivity index (χ4n) is 7.09. The first-order valence-corrected chi connectivity index (χ1v) is 15.7. The van der Waals surface area contributed by atoms with Gasteiger partial charge in [0.2, 0.25) is 0 Å². The van der Waals surface area contributed by atoms with E-state index in [4.69, 9.17) is 14.0 Å². The van der Waals surface area contributed by atoms with Crippen LogP contribution in [0.25, 0.3) is 55.3 Å². The third-order valence-corrected chi connectivity index (χ3v) is 9.41. The monoisotopic (exact) mass is 610 g/mol. The normalized spacial score (nSPS) is 15.1. The summed E-state index contributed by atoms with van der Waals surface area (Å²) < 4.78 is 66.1. The van der Waals surface area contributed by atoms with Crippen LogP contribution in [-0.2, 0) is 5.41 Å². The van der Waals surface area contributed by atoms with E-state index in [1.165, 1.54) is 16.7 Å². The minimum atomic E-state index is -0.448. The fraction of sp³-hybridized carbons (Fsp3) is 0.0667. The Morgan fingerprint density at radius 3 is 1.96 bits per heavy atom. The minimum absolute atomic E-state index is 0.0404. The zero-order chi connectivity index (χ0) is 37.6. The largest absolute Gasteiger partial charge is 0.455 e. The standard InChI is InChI=1S/C45H33NO/c1-45(2)39-18-8-6-15-38(39)43-40(45)19-11-20-41(43)46(33-26-22-31(23-27-33)30-12-4-3-5-13-30)34-28-24-32(25-29-34)35-16-10-17-37-36-14-7-9-21-42(36)47-44(35)37/h3-29H,1-2H3/i7D,9D,10D,14D,16D,17D,21D. The van der Waals surface area contributed by atoms with Gasteiger partial charge in [0.15, 0.2) is 0 Å². The van der Waals surface area contributed by atoms with Crippen molar-refractivity contribution in [2.45, 2.75) is 19.3 Å². The first-order chi connectivity index (χ1) is 26.0. The Bertz CT molecular complexity index is 2810. The van der Waals surface area contributed by atoms with Crippen molar-refractivity contribution in [3.05, 3.63) is 175 Å². The smallest absolute Gasteiger partial charge is 0.143 e. The van der Waals surface area contributed by atoms with Crippen molar-refractivity contribution in [1.29, 1.82) is 0 Å². The highest BCUT2D eigenvalue weighted by atomic mass is 16.3. The van der Waals surface area contributed by atoms with Gasteiger partial charge in [-0.1, -0.05) is 141 Å². The Balaban J connectivity index is 1.25. The first kappa shape index (κ1) is 21.0. The number of hydrogen-bond acceptors (Lipinski definition) is 2. The van der Waals surface area contributed by atoms with Crippen LogP contribution in [0, 0.1) is 0 Å². The van der Waals surface area contributed by atoms with Gasteiger partial charge in [0.25, 0.3) is 0 Å². The van der Waals surface area contributed by atoms with Crippen LogP contribution < -0.4 is 4.90 Å². The summed E-state index contributed by atoms with van der Waals surface area (Å²) in [5.41, 5.74) is 10.5. The van der Waals surface area contributed by atoms with Crippen LogP contribution in [0.1, 0.15) is 34.6 Å². The van der Waals surface area contributed by atoms with Crippen LogP contribution in [0.3, 0.4) is 0 Å². The molecule has 9 rings (SSSR count). The summed E-state index contributed by atoms with van der Waals surface area (Å²) in [4.78, 5) is 2.24. The van der Waals surface area contributed by atoms with Crippen molar-refractivity contribution in [3.8, 4) is 33.4 Å². The molecular weight excluding hydrogens is 571 g/mol. The highest BCUT2D eigenvalue weighted by Gasteiger charge is 2.37. The molecule has 0 radical (unpaired) electrons. The van der Waals surface area contributed by atoms with Crippen molar-refractivity contribution < 1.29 is 14.0 Å². The molecule has 0 aliphatic heterocycles. The van der Waals surface area contributed by atoms with Gasteiger partial charge in [0, 0.05) is 38.7 Å². The average molecular weight is 611 g/mol. The van der Waals surface area contributed by atoms with E-state index < -0.39 is 12.1 Å². The topological polar surface area (TPSA) is 16.4 Å². The molecule has 2 nitrogen and oxygen atoms in total. The van der Waals surface area contributed by atoms with Crippen LogP contribution in [0.5, 0.6) is 0 Å². The van der Waals surface area contributed by atoms with Gasteiger partial charge in [-0.15, -0.1) is 0 Å². The van der Waals surface area contributed by atoms with Crippen molar-refractivity contribution in [2.24, 2.45) is 0 Å². The Kier molecular flexibility index (Phi) is 4.75. The van der Waals surface area contributed by atoms with E-state index in [1.54, 1.807) is 0 Å². The van der Waals surface area contributed by atoms with E-state index >= 15 is 0 Å². The number of para-hydroxylation sites is 2. The quantitative estimate of drug-likeness (QED) is 0.193. The summed E-state index contributed by atoms with van der Waals surface area (Å²) in [6.07, 6.45) is 0. The number of furan rings is 1. The maximum atomic E-state index is 8.96. The molecule has 0 fully saturated rings. The summed E-state index contributed by atoms with van der Waals surface area (Å²) in [7, 11) is 0. The molecule has 0 bridgehead atoms. The van der Waals surface area contributed by atoms with Gasteiger partial charge in [0.05, 0.1) is 15.3 Å². The van der Waals surface area contributed by atoms with Crippen molar-refractivity contribution >= 4 is 39.0 Å². The number of rotatable bonds is 5. The van der Waals surface area contributed by atoms with Crippen LogP contribution in [0.4, 0.5) is 17.1 Å². The Morgan fingerprint density at radius 2 is 1.17 bits per heavy atom. The van der Waals surface area contributed by atoms with Crippen molar-refractivity contribution in [2.75, 3.05) is 4.90 Å². The number of fused-ring (bicyclic) bond motifs is 6. The van der Waals surface area contributed by atoms with Gasteiger partial charge in [-0.25, -0.2) is 0 Å². The Labute approximate surface area is 285 Å². The molecule has 1 aliphatic rings. The predicted octanol–water partition coefficient (Wildman–Crippen LogP) is 12.7. The van der Waals surface area contributed by atoms with Crippen molar-refractivity contribution in [3.63, 3.8) is 0 Å². The third kappa shape index (κ3) is 4.33. The second-order valence-electron chi connectivity index (χ2n) is 12.4. The zero-order valence-electron chi connectivity index (χ0n) is 32.9. The summed E-state index contributed by atoms with van der Waals surface area (Å²) in [6.45, 7) is 4.52. The van der Waals surface area contributed by atoms with Gasteiger partial charge in [0.1, 0.15) is 11.2 Å². The van der Waals surface area contributed by atoms with Gasteiger partial charge in [-0.3, -0.25) is 0 Å². The molecule has 2 heteroatoms. The summed E-state index contributed by atoms with van der Waals surface area (Å²) >= 11 is 0. The van der Waals surface area contributed by atoms with Crippen LogP contribution in [0.2, 0.25) is 0 Å². The molecule has 47 heavy (non-hydrogen) atoms. The lowest BCUT2D eigenvalue weighted by molar-refractivity contribution is 0.660. The lowest BCUT2D eigenvalue weighted by Crippen LogP contribution is -2.16. The van der Waals surface area contributed by atoms with Gasteiger partial charge < -0.3 is 9.32 Å². The van der Waals surface area contributed by atoms with E-state index in [0.29, 0.717) is 5.56 Å². The highest BCUT2D eigenvalue weighted by Crippen LogP contribution is 2.54. The fourth-order valence-corrected chi connectivity index (χ4v) is 7.09. The molecule has 0 spiro atoms. The van der Waals surface area contributed by atoms with Crippen LogP contribution in [0.15, 0.2) is 168 Å². The summed E-state index contributed by atoms with van der Waals surface area (Å²) in [6, 6.07) is 39.0. The molecule has 0 unspecified atom stereocenters. The zero-order valence-corrected chi connectivity index (χ0v) is 25.9. The number of anilines is 3. The third-order valence-electron chi connectivity index (χ3n) is 9.41. The molecule has 0 N–H and O–H groups in total. The SMILES string of the molecule is [2H]c1c([2H])c([2H])c2c(oc3c(-c4ccc(N(c5ccc(-c6ccccc6)cc5)c5cccc6c5-c5ccccc5C6(C)C)cc4)c([2H])c([2H])c([2H])c32)c1[2H]. The molecule has 1 heterocycles. The lowest BCUT2D eigenvalue weighted by atomic mass is 9.82. The molecule has 0 saturated carbocycles. The lowest BCUT2D eigenvalue weighted by Gasteiger charge is -2.29. The van der Waals surface area contributed by atoms with E-state index in [1.807, 2.05) is 42.5 Å². The van der Waals surface area contributed by atoms with Crippen LogP contribution >= 0.6 is 0 Å².